The van der Waals surface area contributed by atoms with Gasteiger partial charge in [-0.05, 0) is 33.0 Å². The van der Waals surface area contributed by atoms with Crippen molar-refractivity contribution in [2.75, 3.05) is 7.05 Å². The van der Waals surface area contributed by atoms with Crippen LogP contribution in [0, 0.1) is 13.8 Å². The van der Waals surface area contributed by atoms with Crippen LogP contribution in [0.1, 0.15) is 16.8 Å². The van der Waals surface area contributed by atoms with Gasteiger partial charge >= 0.3 is 0 Å². The zero-order valence-electron chi connectivity index (χ0n) is 11.3. The highest BCUT2D eigenvalue weighted by molar-refractivity contribution is 5.36. The largest absolute Gasteiger partial charge is 0.439 e. The average Bonchev–Trinajstić information content (AvgIpc) is 2.59. The molecule has 4 nitrogen and oxygen atoms in total. The number of hydrogen-bond acceptors (Lipinski definition) is 3. The Hall–Kier alpha value is -1.81. The van der Waals surface area contributed by atoms with Crippen LogP contribution in [0.2, 0.25) is 0 Å². The fraction of sp³-hybridized carbons (Fsp3) is 0.357. The van der Waals surface area contributed by atoms with E-state index in [1.54, 1.807) is 4.68 Å². The summed E-state index contributed by atoms with van der Waals surface area (Å²) in [4.78, 5) is 0. The summed E-state index contributed by atoms with van der Waals surface area (Å²) in [5, 5.41) is 7.54. The van der Waals surface area contributed by atoms with E-state index in [4.69, 9.17) is 4.74 Å². The molecule has 0 radical (unpaired) electrons. The Morgan fingerprint density at radius 2 is 1.89 bits per heavy atom. The maximum atomic E-state index is 5.93. The lowest BCUT2D eigenvalue weighted by molar-refractivity contribution is 0.424. The lowest BCUT2D eigenvalue weighted by Crippen LogP contribution is -2.07. The Balaban J connectivity index is 2.30. The third kappa shape index (κ3) is 2.54. The maximum Gasteiger partial charge on any atom is 0.222 e. The van der Waals surface area contributed by atoms with E-state index >= 15 is 0 Å². The van der Waals surface area contributed by atoms with Gasteiger partial charge in [0.25, 0.3) is 0 Å². The maximum absolute atomic E-state index is 5.93. The number of hydrogen-bond donors (Lipinski definition) is 1. The van der Waals surface area contributed by atoms with Crippen LogP contribution in [0.5, 0.6) is 11.6 Å². The summed E-state index contributed by atoms with van der Waals surface area (Å²) >= 11 is 0. The summed E-state index contributed by atoms with van der Waals surface area (Å²) in [6, 6.07) is 8.02. The number of rotatable bonds is 4. The molecule has 0 saturated carbocycles. The van der Waals surface area contributed by atoms with Crippen molar-refractivity contribution in [3.8, 4) is 11.6 Å². The second-order valence-electron chi connectivity index (χ2n) is 4.44. The lowest BCUT2D eigenvalue weighted by atomic mass is 10.2. The molecule has 0 unspecified atom stereocenters. The van der Waals surface area contributed by atoms with Crippen molar-refractivity contribution in [2.45, 2.75) is 20.4 Å². The molecule has 0 bridgehead atoms. The normalized spacial score (nSPS) is 10.7. The van der Waals surface area contributed by atoms with E-state index in [1.165, 1.54) is 5.56 Å². The molecule has 0 saturated heterocycles. The third-order valence-corrected chi connectivity index (χ3v) is 2.88. The molecule has 4 heteroatoms. The smallest absolute Gasteiger partial charge is 0.222 e. The molecule has 0 aliphatic carbocycles. The predicted molar refractivity (Wildman–Crippen MR) is 72.0 cm³/mol. The highest BCUT2D eigenvalue weighted by Crippen LogP contribution is 2.27. The fourth-order valence-electron chi connectivity index (χ4n) is 1.91. The Kier molecular flexibility index (Phi) is 3.67. The van der Waals surface area contributed by atoms with Crippen LogP contribution in [0.25, 0.3) is 0 Å². The first-order valence-corrected chi connectivity index (χ1v) is 6.03. The standard InChI is InChI=1S/C14H19N3O/c1-10-5-7-12(8-6-10)18-14-13(9-15-3)11(2)16-17(14)4/h5-8,15H,9H2,1-4H3. The van der Waals surface area contributed by atoms with Crippen molar-refractivity contribution in [3.63, 3.8) is 0 Å². The Labute approximate surface area is 108 Å². The zero-order chi connectivity index (χ0) is 13.1. The summed E-state index contributed by atoms with van der Waals surface area (Å²) in [5.74, 6) is 1.63. The molecule has 0 fully saturated rings. The molecule has 2 aromatic rings. The number of aromatic nitrogens is 2. The van der Waals surface area contributed by atoms with Gasteiger partial charge in [0, 0.05) is 13.6 Å². The summed E-state index contributed by atoms with van der Waals surface area (Å²) in [6.07, 6.45) is 0. The van der Waals surface area contributed by atoms with E-state index in [-0.39, 0.29) is 0 Å². The van der Waals surface area contributed by atoms with Crippen LogP contribution < -0.4 is 10.1 Å². The molecule has 0 aliphatic rings. The average molecular weight is 245 g/mol. The predicted octanol–water partition coefficient (Wildman–Crippen LogP) is 2.55. The van der Waals surface area contributed by atoms with E-state index in [2.05, 4.69) is 17.3 Å². The molecule has 1 aromatic heterocycles. The van der Waals surface area contributed by atoms with Gasteiger partial charge in [-0.3, -0.25) is 0 Å². The van der Waals surface area contributed by atoms with Crippen molar-refractivity contribution in [1.82, 2.24) is 15.1 Å². The van der Waals surface area contributed by atoms with Gasteiger partial charge in [0.1, 0.15) is 5.75 Å². The zero-order valence-corrected chi connectivity index (χ0v) is 11.3. The van der Waals surface area contributed by atoms with Gasteiger partial charge in [-0.15, -0.1) is 0 Å². The first-order chi connectivity index (χ1) is 8.61. The van der Waals surface area contributed by atoms with E-state index in [0.29, 0.717) is 0 Å². The van der Waals surface area contributed by atoms with E-state index in [0.717, 1.165) is 29.4 Å². The molecule has 0 amide bonds. The van der Waals surface area contributed by atoms with Gasteiger partial charge < -0.3 is 10.1 Å². The van der Waals surface area contributed by atoms with Crippen molar-refractivity contribution in [2.24, 2.45) is 7.05 Å². The molecule has 1 heterocycles. The van der Waals surface area contributed by atoms with Gasteiger partial charge in [0.2, 0.25) is 5.88 Å². The number of nitrogens with zero attached hydrogens (tertiary/aromatic N) is 2. The quantitative estimate of drug-likeness (QED) is 0.899. The highest BCUT2D eigenvalue weighted by Gasteiger charge is 2.14. The Morgan fingerprint density at radius 1 is 1.22 bits per heavy atom. The summed E-state index contributed by atoms with van der Waals surface area (Å²) in [7, 11) is 3.82. The lowest BCUT2D eigenvalue weighted by Gasteiger charge is -2.08. The molecule has 18 heavy (non-hydrogen) atoms. The third-order valence-electron chi connectivity index (χ3n) is 2.88. The first kappa shape index (κ1) is 12.6. The number of benzene rings is 1. The monoisotopic (exact) mass is 245 g/mol. The number of nitrogens with one attached hydrogen (secondary N) is 1. The minimum absolute atomic E-state index is 0.751. The van der Waals surface area contributed by atoms with Crippen LogP contribution in [0.15, 0.2) is 24.3 Å². The van der Waals surface area contributed by atoms with Gasteiger partial charge in [0.05, 0.1) is 11.3 Å². The first-order valence-electron chi connectivity index (χ1n) is 6.03. The van der Waals surface area contributed by atoms with Crippen molar-refractivity contribution in [1.29, 1.82) is 0 Å². The van der Waals surface area contributed by atoms with Crippen molar-refractivity contribution < 1.29 is 4.74 Å². The number of aryl methyl sites for hydroxylation is 3. The SMILES string of the molecule is CNCc1c(C)nn(C)c1Oc1ccc(C)cc1. The molecule has 1 aromatic carbocycles. The molecule has 1 N–H and O–H groups in total. The number of ether oxygens (including phenoxy) is 1. The Morgan fingerprint density at radius 3 is 2.50 bits per heavy atom. The van der Waals surface area contributed by atoms with Gasteiger partial charge in [-0.25, -0.2) is 4.68 Å². The molecule has 2 rings (SSSR count). The topological polar surface area (TPSA) is 39.1 Å². The molecule has 0 aliphatic heterocycles. The highest BCUT2D eigenvalue weighted by atomic mass is 16.5. The van der Waals surface area contributed by atoms with Crippen LogP contribution in [-0.2, 0) is 13.6 Å². The molecular formula is C14H19N3O. The van der Waals surface area contributed by atoms with E-state index in [9.17, 15) is 0 Å². The molecule has 96 valence electrons. The fourth-order valence-corrected chi connectivity index (χ4v) is 1.91. The van der Waals surface area contributed by atoms with Crippen LogP contribution in [-0.4, -0.2) is 16.8 Å². The molecule has 0 atom stereocenters. The van der Waals surface area contributed by atoms with Gasteiger partial charge in [-0.1, -0.05) is 17.7 Å². The minimum Gasteiger partial charge on any atom is -0.439 e. The summed E-state index contributed by atoms with van der Waals surface area (Å²) < 4.78 is 7.71. The van der Waals surface area contributed by atoms with Gasteiger partial charge in [0.15, 0.2) is 0 Å². The van der Waals surface area contributed by atoms with Crippen LogP contribution in [0.4, 0.5) is 0 Å². The Bertz CT molecular complexity index is 529. The second-order valence-corrected chi connectivity index (χ2v) is 4.44. The summed E-state index contributed by atoms with van der Waals surface area (Å²) in [6.45, 7) is 4.81. The van der Waals surface area contributed by atoms with Crippen LogP contribution >= 0.6 is 0 Å². The molecular weight excluding hydrogens is 226 g/mol. The van der Waals surface area contributed by atoms with Crippen molar-refractivity contribution >= 4 is 0 Å². The second kappa shape index (κ2) is 5.23. The van der Waals surface area contributed by atoms with E-state index in [1.807, 2.05) is 45.3 Å². The van der Waals surface area contributed by atoms with Gasteiger partial charge in [-0.2, -0.15) is 5.10 Å². The van der Waals surface area contributed by atoms with E-state index < -0.39 is 0 Å². The van der Waals surface area contributed by atoms with Crippen molar-refractivity contribution in [3.05, 3.63) is 41.1 Å². The summed E-state index contributed by atoms with van der Waals surface area (Å²) in [5.41, 5.74) is 3.31. The van der Waals surface area contributed by atoms with Crippen LogP contribution in [0.3, 0.4) is 0 Å². The molecule has 0 spiro atoms. The minimum atomic E-state index is 0.751.